The molecule has 0 bridgehead atoms. The molecule has 3 aromatic rings. The predicted octanol–water partition coefficient (Wildman–Crippen LogP) is 5.16. The molecular formula is C21H22N2O3. The molecule has 1 amide bonds. The molecule has 2 aromatic carbocycles. The number of carbonyl (C=O) groups excluding carboxylic acids is 1. The molecule has 1 N–H and O–H groups in total. The number of hydrogen-bond acceptors (Lipinski definition) is 4. The number of carbonyl (C=O) groups is 1. The Morgan fingerprint density at radius 2 is 1.85 bits per heavy atom. The van der Waals surface area contributed by atoms with E-state index in [4.69, 9.17) is 9.26 Å². The first-order valence-electron chi connectivity index (χ1n) is 8.82. The average molecular weight is 350 g/mol. The second kappa shape index (κ2) is 8.85. The summed E-state index contributed by atoms with van der Waals surface area (Å²) < 4.78 is 10.9. The largest absolute Gasteiger partial charge is 0.494 e. The van der Waals surface area contributed by atoms with E-state index in [1.54, 1.807) is 30.3 Å². The van der Waals surface area contributed by atoms with Crippen LogP contribution in [0.5, 0.6) is 5.75 Å². The molecule has 0 spiro atoms. The Hall–Kier alpha value is -3.08. The third-order valence-electron chi connectivity index (χ3n) is 3.95. The van der Waals surface area contributed by atoms with E-state index in [0.717, 1.165) is 30.6 Å². The fourth-order valence-corrected chi connectivity index (χ4v) is 2.51. The highest BCUT2D eigenvalue weighted by molar-refractivity contribution is 6.03. The standard InChI is InChI=1S/C21H22N2O3/c1-2-3-7-14-25-18-12-10-17(11-13-18)21(24)22-20-15-19(23-26-20)16-8-5-4-6-9-16/h4-6,8-13,15H,2-3,7,14H2,1H3,(H,22,24). The molecule has 0 aliphatic carbocycles. The first kappa shape index (κ1) is 17.7. The lowest BCUT2D eigenvalue weighted by atomic mass is 10.1. The number of anilines is 1. The van der Waals surface area contributed by atoms with Crippen molar-refractivity contribution in [2.45, 2.75) is 26.2 Å². The van der Waals surface area contributed by atoms with Gasteiger partial charge in [0.1, 0.15) is 11.4 Å². The van der Waals surface area contributed by atoms with Crippen molar-refractivity contribution in [1.82, 2.24) is 5.16 Å². The fourth-order valence-electron chi connectivity index (χ4n) is 2.51. The van der Waals surface area contributed by atoms with E-state index < -0.39 is 0 Å². The minimum Gasteiger partial charge on any atom is -0.494 e. The highest BCUT2D eigenvalue weighted by atomic mass is 16.5. The summed E-state index contributed by atoms with van der Waals surface area (Å²) in [4.78, 5) is 12.3. The number of aromatic nitrogens is 1. The van der Waals surface area contributed by atoms with Crippen LogP contribution in [0.15, 0.2) is 65.2 Å². The van der Waals surface area contributed by atoms with Crippen molar-refractivity contribution in [3.63, 3.8) is 0 Å². The van der Waals surface area contributed by atoms with E-state index >= 15 is 0 Å². The molecule has 134 valence electrons. The highest BCUT2D eigenvalue weighted by Gasteiger charge is 2.11. The summed E-state index contributed by atoms with van der Waals surface area (Å²) in [5.41, 5.74) is 2.14. The number of nitrogens with one attached hydrogen (secondary N) is 1. The molecule has 0 fully saturated rings. The average Bonchev–Trinajstić information content (AvgIpc) is 3.15. The van der Waals surface area contributed by atoms with Crippen LogP contribution in [0.2, 0.25) is 0 Å². The van der Waals surface area contributed by atoms with Gasteiger partial charge in [-0.1, -0.05) is 55.3 Å². The molecule has 0 atom stereocenters. The molecule has 0 aliphatic heterocycles. The number of ether oxygens (including phenoxy) is 1. The Bertz CT molecular complexity index is 826. The smallest absolute Gasteiger partial charge is 0.258 e. The lowest BCUT2D eigenvalue weighted by Crippen LogP contribution is -2.11. The van der Waals surface area contributed by atoms with Crippen molar-refractivity contribution in [3.8, 4) is 17.0 Å². The molecule has 0 aliphatic rings. The minimum absolute atomic E-state index is 0.252. The predicted molar refractivity (Wildman–Crippen MR) is 101 cm³/mol. The lowest BCUT2D eigenvalue weighted by Gasteiger charge is -2.06. The Labute approximate surface area is 153 Å². The lowest BCUT2D eigenvalue weighted by molar-refractivity contribution is 0.102. The Balaban J connectivity index is 1.57. The van der Waals surface area contributed by atoms with E-state index in [2.05, 4.69) is 17.4 Å². The molecule has 0 saturated heterocycles. The van der Waals surface area contributed by atoms with E-state index in [-0.39, 0.29) is 5.91 Å². The third-order valence-corrected chi connectivity index (χ3v) is 3.95. The van der Waals surface area contributed by atoms with Crippen molar-refractivity contribution in [2.24, 2.45) is 0 Å². The second-order valence-corrected chi connectivity index (χ2v) is 5.98. The maximum Gasteiger partial charge on any atom is 0.258 e. The Kier molecular flexibility index (Phi) is 6.04. The van der Waals surface area contributed by atoms with E-state index in [1.807, 2.05) is 30.3 Å². The van der Waals surface area contributed by atoms with Crippen molar-refractivity contribution in [1.29, 1.82) is 0 Å². The molecular weight excluding hydrogens is 328 g/mol. The van der Waals surface area contributed by atoms with Crippen LogP contribution in [0.3, 0.4) is 0 Å². The van der Waals surface area contributed by atoms with Crippen LogP contribution in [-0.4, -0.2) is 17.7 Å². The van der Waals surface area contributed by atoms with Gasteiger partial charge >= 0.3 is 0 Å². The van der Waals surface area contributed by atoms with Gasteiger partial charge in [-0.2, -0.15) is 0 Å². The van der Waals surface area contributed by atoms with Gasteiger partial charge in [-0.05, 0) is 30.7 Å². The van der Waals surface area contributed by atoms with Gasteiger partial charge in [0.25, 0.3) is 5.91 Å². The summed E-state index contributed by atoms with van der Waals surface area (Å²) in [6.45, 7) is 2.85. The van der Waals surface area contributed by atoms with Crippen LogP contribution < -0.4 is 10.1 Å². The van der Waals surface area contributed by atoms with Crippen LogP contribution in [-0.2, 0) is 0 Å². The van der Waals surface area contributed by atoms with Gasteiger partial charge in [0, 0.05) is 17.2 Å². The van der Waals surface area contributed by atoms with Crippen molar-refractivity contribution in [2.75, 3.05) is 11.9 Å². The second-order valence-electron chi connectivity index (χ2n) is 5.98. The highest BCUT2D eigenvalue weighted by Crippen LogP contribution is 2.22. The Morgan fingerprint density at radius 3 is 2.58 bits per heavy atom. The van der Waals surface area contributed by atoms with E-state index in [1.165, 1.54) is 0 Å². The summed E-state index contributed by atoms with van der Waals surface area (Å²) in [5.74, 6) is 0.829. The molecule has 5 nitrogen and oxygen atoms in total. The fraction of sp³-hybridized carbons (Fsp3) is 0.238. The topological polar surface area (TPSA) is 64.4 Å². The third kappa shape index (κ3) is 4.72. The summed E-state index contributed by atoms with van der Waals surface area (Å²) in [7, 11) is 0. The molecule has 3 rings (SSSR count). The van der Waals surface area contributed by atoms with Gasteiger partial charge in [0.2, 0.25) is 5.88 Å². The maximum atomic E-state index is 12.3. The molecule has 1 heterocycles. The van der Waals surface area contributed by atoms with Gasteiger partial charge in [-0.15, -0.1) is 0 Å². The SMILES string of the molecule is CCCCCOc1ccc(C(=O)Nc2cc(-c3ccccc3)no2)cc1. The van der Waals surface area contributed by atoms with Crippen LogP contribution in [0.4, 0.5) is 5.88 Å². The molecule has 0 unspecified atom stereocenters. The van der Waals surface area contributed by atoms with Gasteiger partial charge in [-0.3, -0.25) is 10.1 Å². The zero-order valence-corrected chi connectivity index (χ0v) is 14.8. The van der Waals surface area contributed by atoms with E-state index in [0.29, 0.717) is 23.7 Å². The number of benzene rings is 2. The minimum atomic E-state index is -0.252. The van der Waals surface area contributed by atoms with Crippen LogP contribution in [0.25, 0.3) is 11.3 Å². The van der Waals surface area contributed by atoms with Gasteiger partial charge in [-0.25, -0.2) is 0 Å². The number of nitrogens with zero attached hydrogens (tertiary/aromatic N) is 1. The zero-order chi connectivity index (χ0) is 18.2. The maximum absolute atomic E-state index is 12.3. The normalized spacial score (nSPS) is 10.5. The first-order chi connectivity index (χ1) is 12.8. The Morgan fingerprint density at radius 1 is 1.08 bits per heavy atom. The molecule has 0 saturated carbocycles. The summed E-state index contributed by atoms with van der Waals surface area (Å²) in [6, 6.07) is 18.4. The first-order valence-corrected chi connectivity index (χ1v) is 8.82. The van der Waals surface area contributed by atoms with E-state index in [9.17, 15) is 4.79 Å². The van der Waals surface area contributed by atoms with Crippen molar-refractivity contribution < 1.29 is 14.1 Å². The number of unbranched alkanes of at least 4 members (excludes halogenated alkanes) is 2. The van der Waals surface area contributed by atoms with Crippen molar-refractivity contribution in [3.05, 3.63) is 66.2 Å². The summed E-state index contributed by atoms with van der Waals surface area (Å²) in [6.07, 6.45) is 3.35. The molecule has 26 heavy (non-hydrogen) atoms. The number of hydrogen-bond donors (Lipinski definition) is 1. The number of rotatable bonds is 8. The quantitative estimate of drug-likeness (QED) is 0.570. The van der Waals surface area contributed by atoms with Crippen LogP contribution in [0.1, 0.15) is 36.5 Å². The van der Waals surface area contributed by atoms with Gasteiger partial charge in [0.15, 0.2) is 0 Å². The zero-order valence-electron chi connectivity index (χ0n) is 14.8. The summed E-state index contributed by atoms with van der Waals surface area (Å²) in [5, 5.41) is 6.71. The molecule has 1 aromatic heterocycles. The van der Waals surface area contributed by atoms with Crippen molar-refractivity contribution >= 4 is 11.8 Å². The van der Waals surface area contributed by atoms with Gasteiger partial charge in [0.05, 0.1) is 6.61 Å². The number of amides is 1. The summed E-state index contributed by atoms with van der Waals surface area (Å²) >= 11 is 0. The molecule has 0 radical (unpaired) electrons. The monoisotopic (exact) mass is 350 g/mol. The van der Waals surface area contributed by atoms with Crippen LogP contribution in [0, 0.1) is 0 Å². The van der Waals surface area contributed by atoms with Crippen LogP contribution >= 0.6 is 0 Å². The molecule has 5 heteroatoms. The van der Waals surface area contributed by atoms with Gasteiger partial charge < -0.3 is 9.26 Å².